The average molecular weight is 406 g/mol. The molecular weight excluding hydrogens is 378 g/mol. The van der Waals surface area contributed by atoms with Gasteiger partial charge in [-0.3, -0.25) is 5.10 Å². The molecule has 0 radical (unpaired) electrons. The molecule has 30 heavy (non-hydrogen) atoms. The van der Waals surface area contributed by atoms with Gasteiger partial charge in [0.1, 0.15) is 5.69 Å². The van der Waals surface area contributed by atoms with E-state index in [0.29, 0.717) is 30.6 Å². The van der Waals surface area contributed by atoms with Crippen molar-refractivity contribution in [2.75, 3.05) is 18.6 Å². The minimum Gasteiger partial charge on any atom is -0.478 e. The molecular formula is C22H27N7O. The SMILES string of the molecule is CCOc1nc(-c2ccc(N(C)[C@@H]3C[C@H]4CC[C@@H](C3)N4)nn2)ccc1-c1cn[nH]c1. The maximum atomic E-state index is 5.78. The molecule has 0 saturated carbocycles. The maximum Gasteiger partial charge on any atom is 0.222 e. The summed E-state index contributed by atoms with van der Waals surface area (Å²) in [5, 5.41) is 19.5. The lowest BCUT2D eigenvalue weighted by atomic mass is 9.98. The van der Waals surface area contributed by atoms with E-state index in [9.17, 15) is 0 Å². The molecule has 8 nitrogen and oxygen atoms in total. The number of nitrogens with one attached hydrogen (secondary N) is 2. The number of piperidine rings is 1. The molecule has 2 N–H and O–H groups in total. The number of pyridine rings is 1. The van der Waals surface area contributed by atoms with Gasteiger partial charge in [-0.2, -0.15) is 5.10 Å². The van der Waals surface area contributed by atoms with Crippen LogP contribution in [0.5, 0.6) is 5.88 Å². The first-order valence-corrected chi connectivity index (χ1v) is 10.7. The molecule has 0 aromatic carbocycles. The van der Waals surface area contributed by atoms with E-state index in [0.717, 1.165) is 28.3 Å². The van der Waals surface area contributed by atoms with Crippen molar-refractivity contribution >= 4 is 5.82 Å². The molecule has 0 unspecified atom stereocenters. The minimum atomic E-state index is 0.515. The molecule has 3 atom stereocenters. The Morgan fingerprint density at radius 2 is 1.87 bits per heavy atom. The second-order valence-corrected chi connectivity index (χ2v) is 8.12. The van der Waals surface area contributed by atoms with Crippen molar-refractivity contribution in [2.24, 2.45) is 0 Å². The Kier molecular flexibility index (Phi) is 5.08. The second-order valence-electron chi connectivity index (χ2n) is 8.12. The van der Waals surface area contributed by atoms with Gasteiger partial charge >= 0.3 is 0 Å². The number of nitrogens with zero attached hydrogens (tertiary/aromatic N) is 5. The highest BCUT2D eigenvalue weighted by Gasteiger charge is 2.35. The number of rotatable bonds is 6. The molecule has 0 spiro atoms. The molecule has 3 aromatic rings. The van der Waals surface area contributed by atoms with Crippen LogP contribution in [0, 0.1) is 0 Å². The predicted molar refractivity (Wildman–Crippen MR) is 115 cm³/mol. The molecule has 0 aliphatic carbocycles. The number of ether oxygens (including phenoxy) is 1. The van der Waals surface area contributed by atoms with Crippen LogP contribution in [0.15, 0.2) is 36.7 Å². The van der Waals surface area contributed by atoms with Crippen molar-refractivity contribution < 1.29 is 4.74 Å². The van der Waals surface area contributed by atoms with E-state index in [2.05, 4.69) is 37.7 Å². The van der Waals surface area contributed by atoms with Gasteiger partial charge in [-0.05, 0) is 56.9 Å². The van der Waals surface area contributed by atoms with Gasteiger partial charge in [0.05, 0.1) is 18.5 Å². The number of H-pyrrole nitrogens is 1. The number of anilines is 1. The molecule has 3 aromatic heterocycles. The molecule has 5 heterocycles. The van der Waals surface area contributed by atoms with E-state index in [1.165, 1.54) is 25.7 Å². The molecule has 0 amide bonds. The topological polar surface area (TPSA) is 91.8 Å². The third kappa shape index (κ3) is 3.63. The van der Waals surface area contributed by atoms with E-state index < -0.39 is 0 Å². The van der Waals surface area contributed by atoms with E-state index in [4.69, 9.17) is 9.72 Å². The van der Waals surface area contributed by atoms with Crippen molar-refractivity contribution in [3.05, 3.63) is 36.7 Å². The van der Waals surface area contributed by atoms with E-state index in [-0.39, 0.29) is 0 Å². The number of hydrogen-bond acceptors (Lipinski definition) is 7. The van der Waals surface area contributed by atoms with Gasteiger partial charge in [-0.1, -0.05) is 0 Å². The Morgan fingerprint density at radius 3 is 2.53 bits per heavy atom. The standard InChI is InChI=1S/C22H27N7O/c1-3-30-22-18(14-12-23-24-13-14)6-7-19(26-22)20-8-9-21(28-27-20)29(2)17-10-15-4-5-16(11-17)25-15/h6-9,12-13,15-17,25H,3-5,10-11H2,1-2H3,(H,23,24)/t15-,16+,17-. The van der Waals surface area contributed by atoms with Crippen LogP contribution < -0.4 is 15.0 Å². The van der Waals surface area contributed by atoms with Gasteiger partial charge in [-0.25, -0.2) is 4.98 Å². The van der Waals surface area contributed by atoms with Crippen molar-refractivity contribution in [1.82, 2.24) is 30.7 Å². The summed E-state index contributed by atoms with van der Waals surface area (Å²) in [6.07, 6.45) is 8.52. The fraction of sp³-hybridized carbons (Fsp3) is 0.455. The van der Waals surface area contributed by atoms with Gasteiger partial charge < -0.3 is 15.0 Å². The zero-order valence-corrected chi connectivity index (χ0v) is 17.4. The summed E-state index contributed by atoms with van der Waals surface area (Å²) in [5.74, 6) is 1.48. The lowest BCUT2D eigenvalue weighted by Crippen LogP contribution is -2.47. The summed E-state index contributed by atoms with van der Waals surface area (Å²) in [4.78, 5) is 6.97. The van der Waals surface area contributed by atoms with Gasteiger partial charge in [0.15, 0.2) is 5.82 Å². The van der Waals surface area contributed by atoms with Crippen LogP contribution >= 0.6 is 0 Å². The highest BCUT2D eigenvalue weighted by atomic mass is 16.5. The first-order chi connectivity index (χ1) is 14.7. The average Bonchev–Trinajstić information content (AvgIpc) is 3.43. The Hall–Kier alpha value is -3.00. The molecule has 2 aliphatic heterocycles. The van der Waals surface area contributed by atoms with Gasteiger partial charge in [0.25, 0.3) is 0 Å². The molecule has 2 bridgehead atoms. The van der Waals surface area contributed by atoms with Crippen molar-refractivity contribution in [2.45, 2.75) is 50.7 Å². The van der Waals surface area contributed by atoms with Crippen molar-refractivity contribution in [3.63, 3.8) is 0 Å². The molecule has 5 rings (SSSR count). The fourth-order valence-corrected chi connectivity index (χ4v) is 4.63. The van der Waals surface area contributed by atoms with E-state index >= 15 is 0 Å². The van der Waals surface area contributed by atoms with Crippen LogP contribution in [-0.4, -0.2) is 57.2 Å². The second kappa shape index (κ2) is 8.02. The van der Waals surface area contributed by atoms with E-state index in [1.807, 2.05) is 37.4 Å². The van der Waals surface area contributed by atoms with Crippen LogP contribution in [0.2, 0.25) is 0 Å². The highest BCUT2D eigenvalue weighted by molar-refractivity contribution is 5.70. The van der Waals surface area contributed by atoms with E-state index in [1.54, 1.807) is 6.20 Å². The fourth-order valence-electron chi connectivity index (χ4n) is 4.63. The number of aromatic nitrogens is 5. The summed E-state index contributed by atoms with van der Waals surface area (Å²) >= 11 is 0. The summed E-state index contributed by atoms with van der Waals surface area (Å²) < 4.78 is 5.78. The normalized spacial score (nSPS) is 22.8. The van der Waals surface area contributed by atoms with Crippen LogP contribution in [0.25, 0.3) is 22.5 Å². The Bertz CT molecular complexity index is 977. The minimum absolute atomic E-state index is 0.515. The molecule has 2 aliphatic rings. The largest absolute Gasteiger partial charge is 0.478 e. The number of hydrogen-bond donors (Lipinski definition) is 2. The molecule has 2 saturated heterocycles. The van der Waals surface area contributed by atoms with Crippen LogP contribution in [-0.2, 0) is 0 Å². The predicted octanol–water partition coefficient (Wildman–Crippen LogP) is 3.05. The summed E-state index contributed by atoms with van der Waals surface area (Å²) in [6, 6.07) is 9.79. The van der Waals surface area contributed by atoms with Gasteiger partial charge in [0.2, 0.25) is 5.88 Å². The highest BCUT2D eigenvalue weighted by Crippen LogP contribution is 2.32. The van der Waals surface area contributed by atoms with Gasteiger partial charge in [0, 0.05) is 42.5 Å². The smallest absolute Gasteiger partial charge is 0.222 e. The first kappa shape index (κ1) is 19.0. The number of aromatic amines is 1. The zero-order valence-electron chi connectivity index (χ0n) is 17.4. The Morgan fingerprint density at radius 1 is 1.07 bits per heavy atom. The van der Waals surface area contributed by atoms with Crippen LogP contribution in [0.4, 0.5) is 5.82 Å². The van der Waals surface area contributed by atoms with Gasteiger partial charge in [-0.15, -0.1) is 10.2 Å². The Balaban J connectivity index is 1.36. The van der Waals surface area contributed by atoms with Crippen molar-refractivity contribution in [1.29, 1.82) is 0 Å². The Labute approximate surface area is 176 Å². The first-order valence-electron chi connectivity index (χ1n) is 10.7. The molecule has 156 valence electrons. The third-order valence-electron chi connectivity index (χ3n) is 6.22. The zero-order chi connectivity index (χ0) is 20.5. The lowest BCUT2D eigenvalue weighted by Gasteiger charge is -2.36. The molecule has 8 heteroatoms. The lowest BCUT2D eigenvalue weighted by molar-refractivity contribution is 0.329. The summed E-state index contributed by atoms with van der Waals surface area (Å²) in [5.41, 5.74) is 3.32. The van der Waals surface area contributed by atoms with Crippen LogP contribution in [0.3, 0.4) is 0 Å². The molecule has 2 fully saturated rings. The quantitative estimate of drug-likeness (QED) is 0.651. The maximum absolute atomic E-state index is 5.78. The monoisotopic (exact) mass is 405 g/mol. The third-order valence-corrected chi connectivity index (χ3v) is 6.22. The van der Waals surface area contributed by atoms with Crippen molar-refractivity contribution in [3.8, 4) is 28.4 Å². The number of fused-ring (bicyclic) bond motifs is 2. The summed E-state index contributed by atoms with van der Waals surface area (Å²) in [7, 11) is 2.13. The van der Waals surface area contributed by atoms with Crippen LogP contribution in [0.1, 0.15) is 32.6 Å². The summed E-state index contributed by atoms with van der Waals surface area (Å²) in [6.45, 7) is 2.49.